The summed E-state index contributed by atoms with van der Waals surface area (Å²) in [5, 5.41) is 12.2. The highest BCUT2D eigenvalue weighted by Crippen LogP contribution is 2.29. The summed E-state index contributed by atoms with van der Waals surface area (Å²) in [4.78, 5) is 38.6. The lowest BCUT2D eigenvalue weighted by Crippen LogP contribution is -2.51. The van der Waals surface area contributed by atoms with Crippen molar-refractivity contribution in [1.82, 2.24) is 9.80 Å². The first-order valence-electron chi connectivity index (χ1n) is 8.19. The summed E-state index contributed by atoms with van der Waals surface area (Å²) in [5.41, 5.74) is -0.948. The van der Waals surface area contributed by atoms with E-state index in [1.54, 1.807) is 40.1 Å². The molecule has 26 heavy (non-hydrogen) atoms. The number of benzene rings is 1. The monoisotopic (exact) mass is 365 g/mol. The van der Waals surface area contributed by atoms with Gasteiger partial charge in [0.05, 0.1) is 40.4 Å². The average molecular weight is 365 g/mol. The first-order valence-corrected chi connectivity index (χ1v) is 8.19. The Hall–Kier alpha value is -2.52. The zero-order chi connectivity index (χ0) is 19.2. The number of carbonyl (C=O) groups is 2. The van der Waals surface area contributed by atoms with Crippen molar-refractivity contribution < 1.29 is 24.0 Å². The van der Waals surface area contributed by atoms with Gasteiger partial charge in [-0.2, -0.15) is 0 Å². The minimum absolute atomic E-state index is 0.0385. The number of esters is 2. The van der Waals surface area contributed by atoms with Gasteiger partial charge < -0.3 is 9.47 Å². The van der Waals surface area contributed by atoms with Gasteiger partial charge in [-0.05, 0) is 0 Å². The molecule has 0 amide bonds. The molecule has 0 spiro atoms. The minimum Gasteiger partial charge on any atom is -0.468 e. The molecule has 1 aliphatic heterocycles. The van der Waals surface area contributed by atoms with Crippen LogP contribution >= 0.6 is 0 Å². The minimum atomic E-state index is -1.47. The van der Waals surface area contributed by atoms with Gasteiger partial charge in [0.1, 0.15) is 0 Å². The quantitative estimate of drug-likeness (QED) is 0.398. The van der Waals surface area contributed by atoms with Crippen LogP contribution in [0.25, 0.3) is 0 Å². The van der Waals surface area contributed by atoms with Crippen molar-refractivity contribution in [1.29, 1.82) is 0 Å². The third-order valence-corrected chi connectivity index (χ3v) is 4.52. The molecule has 0 bridgehead atoms. The Morgan fingerprint density at radius 1 is 1.04 bits per heavy atom. The number of rotatable bonds is 6. The van der Waals surface area contributed by atoms with Gasteiger partial charge in [0, 0.05) is 23.6 Å². The molecule has 0 unspecified atom stereocenters. The Labute approximate surface area is 151 Å². The third kappa shape index (κ3) is 4.55. The Kier molecular flexibility index (Phi) is 6.64. The van der Waals surface area contributed by atoms with E-state index in [0.29, 0.717) is 18.7 Å². The standard InChI is InChI=1S/C17H23N3O6/c1-25-15(21)10-18-8-9-19(11-16(22)26-2)13-17(12-18,20(23)24)14-6-4-3-5-7-14/h3-7H,8-13H2,1-2H3. The number of hydrogen-bond acceptors (Lipinski definition) is 8. The van der Waals surface area contributed by atoms with Crippen molar-refractivity contribution in [3.8, 4) is 0 Å². The maximum atomic E-state index is 12.2. The summed E-state index contributed by atoms with van der Waals surface area (Å²) in [5.74, 6) is -0.923. The van der Waals surface area contributed by atoms with Crippen molar-refractivity contribution in [2.45, 2.75) is 5.54 Å². The Balaban J connectivity index is 2.39. The van der Waals surface area contributed by atoms with Crippen LogP contribution in [0.1, 0.15) is 5.56 Å². The molecule has 1 fully saturated rings. The molecule has 2 rings (SSSR count). The average Bonchev–Trinajstić information content (AvgIpc) is 2.82. The number of ether oxygens (including phenoxy) is 2. The number of nitro groups is 1. The predicted octanol–water partition coefficient (Wildman–Crippen LogP) is 0.122. The number of carbonyl (C=O) groups excluding carboxylic acids is 2. The highest BCUT2D eigenvalue weighted by Gasteiger charge is 2.49. The molecule has 0 atom stereocenters. The molecule has 9 nitrogen and oxygen atoms in total. The van der Waals surface area contributed by atoms with Crippen molar-refractivity contribution in [3.05, 3.63) is 46.0 Å². The van der Waals surface area contributed by atoms with Crippen molar-refractivity contribution in [2.75, 3.05) is 53.5 Å². The fourth-order valence-corrected chi connectivity index (χ4v) is 3.15. The maximum absolute atomic E-state index is 12.2. The summed E-state index contributed by atoms with van der Waals surface area (Å²) in [7, 11) is 2.56. The lowest BCUT2D eigenvalue weighted by molar-refractivity contribution is -0.579. The van der Waals surface area contributed by atoms with Crippen LogP contribution in [0.2, 0.25) is 0 Å². The predicted molar refractivity (Wildman–Crippen MR) is 92.0 cm³/mol. The molecule has 1 aliphatic rings. The van der Waals surface area contributed by atoms with Gasteiger partial charge >= 0.3 is 11.9 Å². The number of hydrogen-bond donors (Lipinski definition) is 0. The fraction of sp³-hybridized carbons (Fsp3) is 0.529. The van der Waals surface area contributed by atoms with Crippen molar-refractivity contribution in [3.63, 3.8) is 0 Å². The molecule has 142 valence electrons. The molecule has 0 aliphatic carbocycles. The van der Waals surface area contributed by atoms with E-state index in [4.69, 9.17) is 9.47 Å². The van der Waals surface area contributed by atoms with E-state index in [1.807, 2.05) is 0 Å². The highest BCUT2D eigenvalue weighted by molar-refractivity contribution is 5.72. The molecule has 1 saturated heterocycles. The topological polar surface area (TPSA) is 102 Å². The normalized spacial score (nSPS) is 17.9. The molecule has 1 aromatic carbocycles. The zero-order valence-corrected chi connectivity index (χ0v) is 14.9. The Morgan fingerprint density at radius 2 is 1.50 bits per heavy atom. The summed E-state index contributed by atoms with van der Waals surface area (Å²) < 4.78 is 9.40. The van der Waals surface area contributed by atoms with Crippen LogP contribution in [-0.4, -0.2) is 80.1 Å². The zero-order valence-electron chi connectivity index (χ0n) is 14.9. The van der Waals surface area contributed by atoms with Crippen LogP contribution in [-0.2, 0) is 24.6 Å². The van der Waals surface area contributed by atoms with Gasteiger partial charge in [-0.25, -0.2) is 0 Å². The largest absolute Gasteiger partial charge is 0.468 e. The first kappa shape index (κ1) is 19.8. The molecule has 0 N–H and O–H groups in total. The lowest BCUT2D eigenvalue weighted by Gasteiger charge is -2.30. The Morgan fingerprint density at radius 3 is 1.88 bits per heavy atom. The second kappa shape index (κ2) is 8.72. The van der Waals surface area contributed by atoms with E-state index in [0.717, 1.165) is 0 Å². The van der Waals surface area contributed by atoms with E-state index in [2.05, 4.69) is 0 Å². The van der Waals surface area contributed by atoms with Crippen LogP contribution < -0.4 is 0 Å². The lowest BCUT2D eigenvalue weighted by atomic mass is 9.89. The number of nitrogens with zero attached hydrogens (tertiary/aromatic N) is 3. The molecule has 0 aromatic heterocycles. The van der Waals surface area contributed by atoms with Crippen molar-refractivity contribution >= 4 is 11.9 Å². The van der Waals surface area contributed by atoms with Gasteiger partial charge in [-0.15, -0.1) is 0 Å². The molecule has 1 aromatic rings. The summed E-state index contributed by atoms with van der Waals surface area (Å²) in [6.45, 7) is 0.770. The summed E-state index contributed by atoms with van der Waals surface area (Å²) in [6.07, 6.45) is 0. The SMILES string of the molecule is COC(=O)CN1CCN(CC(=O)OC)CC(c2ccccc2)([N+](=O)[O-])C1. The second-order valence-corrected chi connectivity index (χ2v) is 6.23. The smallest absolute Gasteiger partial charge is 0.319 e. The molecule has 0 radical (unpaired) electrons. The molecular formula is C17H23N3O6. The van der Waals surface area contributed by atoms with Gasteiger partial charge in [0.2, 0.25) is 0 Å². The van der Waals surface area contributed by atoms with Crippen LogP contribution in [0.3, 0.4) is 0 Å². The van der Waals surface area contributed by atoms with E-state index >= 15 is 0 Å². The van der Waals surface area contributed by atoms with Crippen LogP contribution in [0.4, 0.5) is 0 Å². The number of methoxy groups -OCH3 is 2. The second-order valence-electron chi connectivity index (χ2n) is 6.23. The van der Waals surface area contributed by atoms with E-state index in [1.165, 1.54) is 14.2 Å². The van der Waals surface area contributed by atoms with Gasteiger partial charge in [-0.3, -0.25) is 29.5 Å². The Bertz CT molecular complexity index is 623. The fourth-order valence-electron chi connectivity index (χ4n) is 3.15. The van der Waals surface area contributed by atoms with Crippen LogP contribution in [0, 0.1) is 10.1 Å². The maximum Gasteiger partial charge on any atom is 0.319 e. The van der Waals surface area contributed by atoms with Gasteiger partial charge in [0.25, 0.3) is 5.54 Å². The molecular weight excluding hydrogens is 342 g/mol. The van der Waals surface area contributed by atoms with Gasteiger partial charge in [0.15, 0.2) is 0 Å². The van der Waals surface area contributed by atoms with Crippen molar-refractivity contribution in [2.24, 2.45) is 0 Å². The highest BCUT2D eigenvalue weighted by atomic mass is 16.6. The van der Waals surface area contributed by atoms with E-state index in [-0.39, 0.29) is 31.1 Å². The third-order valence-electron chi connectivity index (χ3n) is 4.52. The van der Waals surface area contributed by atoms with Gasteiger partial charge in [-0.1, -0.05) is 30.3 Å². The summed E-state index contributed by atoms with van der Waals surface area (Å²) in [6, 6.07) is 8.65. The molecule has 0 saturated carbocycles. The van der Waals surface area contributed by atoms with Crippen LogP contribution in [0.15, 0.2) is 30.3 Å². The molecule has 1 heterocycles. The molecule has 9 heteroatoms. The first-order chi connectivity index (χ1) is 12.4. The summed E-state index contributed by atoms with van der Waals surface area (Å²) >= 11 is 0. The van der Waals surface area contributed by atoms with E-state index < -0.39 is 17.5 Å². The van der Waals surface area contributed by atoms with E-state index in [9.17, 15) is 19.7 Å². The van der Waals surface area contributed by atoms with Crippen LogP contribution in [0.5, 0.6) is 0 Å².